The maximum atomic E-state index is 9.26. The Morgan fingerprint density at radius 1 is 1.33 bits per heavy atom. The van der Waals surface area contributed by atoms with Crippen molar-refractivity contribution in [2.45, 2.75) is 20.8 Å². The van der Waals surface area contributed by atoms with Crippen LogP contribution in [0, 0.1) is 6.92 Å². The summed E-state index contributed by atoms with van der Waals surface area (Å²) < 4.78 is 0. The Balaban J connectivity index is 3.05. The Morgan fingerprint density at radius 3 is 2.50 bits per heavy atom. The van der Waals surface area contributed by atoms with Crippen molar-refractivity contribution in [2.24, 2.45) is 0 Å². The molecule has 0 aliphatic rings. The fourth-order valence-electron chi connectivity index (χ4n) is 1.10. The number of rotatable bonds is 1. The van der Waals surface area contributed by atoms with Gasteiger partial charge < -0.3 is 5.11 Å². The van der Waals surface area contributed by atoms with Gasteiger partial charge in [0.25, 0.3) is 0 Å². The molecular formula is C11H14O. The van der Waals surface area contributed by atoms with E-state index in [2.05, 4.69) is 19.9 Å². The standard InChI is InChI=1S/C11H14O/c1-8(2)6-10-4-5-11(12)9(3)7-10/h4-7,12H,1-3H3. The molecule has 0 aliphatic heterocycles. The van der Waals surface area contributed by atoms with Crippen LogP contribution >= 0.6 is 0 Å². The summed E-state index contributed by atoms with van der Waals surface area (Å²) in [5.74, 6) is 0.362. The highest BCUT2D eigenvalue weighted by atomic mass is 16.3. The van der Waals surface area contributed by atoms with Crippen LogP contribution in [0.3, 0.4) is 0 Å². The number of aryl methyl sites for hydroxylation is 1. The van der Waals surface area contributed by atoms with Crippen molar-refractivity contribution in [3.8, 4) is 5.75 Å². The Labute approximate surface area is 73.4 Å². The first-order chi connectivity index (χ1) is 5.59. The van der Waals surface area contributed by atoms with Crippen molar-refractivity contribution >= 4 is 6.08 Å². The molecule has 0 amide bonds. The van der Waals surface area contributed by atoms with Gasteiger partial charge in [0.15, 0.2) is 0 Å². The molecule has 0 heterocycles. The minimum absolute atomic E-state index is 0.362. The second-order valence-corrected chi connectivity index (χ2v) is 3.27. The van der Waals surface area contributed by atoms with Gasteiger partial charge in [0.2, 0.25) is 0 Å². The maximum Gasteiger partial charge on any atom is 0.118 e. The summed E-state index contributed by atoms with van der Waals surface area (Å²) in [7, 11) is 0. The number of hydrogen-bond donors (Lipinski definition) is 1. The number of allylic oxidation sites excluding steroid dienone is 1. The summed E-state index contributed by atoms with van der Waals surface area (Å²) in [6.07, 6.45) is 2.09. The van der Waals surface area contributed by atoms with Gasteiger partial charge in [-0.05, 0) is 44.0 Å². The van der Waals surface area contributed by atoms with Crippen LogP contribution in [0.1, 0.15) is 25.0 Å². The summed E-state index contributed by atoms with van der Waals surface area (Å²) in [5, 5.41) is 9.26. The molecule has 0 unspecified atom stereocenters. The third kappa shape index (κ3) is 2.12. The van der Waals surface area contributed by atoms with Crippen molar-refractivity contribution in [3.63, 3.8) is 0 Å². The molecule has 0 aliphatic carbocycles. The van der Waals surface area contributed by atoms with E-state index in [1.807, 2.05) is 19.1 Å². The van der Waals surface area contributed by atoms with Gasteiger partial charge >= 0.3 is 0 Å². The van der Waals surface area contributed by atoms with E-state index >= 15 is 0 Å². The summed E-state index contributed by atoms with van der Waals surface area (Å²) in [6.45, 7) is 6.02. The van der Waals surface area contributed by atoms with Crippen LogP contribution in [0.2, 0.25) is 0 Å². The molecule has 1 aromatic carbocycles. The molecule has 0 fully saturated rings. The van der Waals surface area contributed by atoms with Gasteiger partial charge in [0.05, 0.1) is 0 Å². The lowest BCUT2D eigenvalue weighted by molar-refractivity contribution is 0.471. The van der Waals surface area contributed by atoms with Crippen LogP contribution in [0.15, 0.2) is 23.8 Å². The first kappa shape index (κ1) is 8.85. The largest absolute Gasteiger partial charge is 0.508 e. The van der Waals surface area contributed by atoms with Crippen LogP contribution in [-0.4, -0.2) is 5.11 Å². The summed E-state index contributed by atoms with van der Waals surface area (Å²) in [6, 6.07) is 5.61. The topological polar surface area (TPSA) is 20.2 Å². The van der Waals surface area contributed by atoms with Crippen LogP contribution in [0.25, 0.3) is 6.08 Å². The molecular weight excluding hydrogens is 148 g/mol. The highest BCUT2D eigenvalue weighted by Crippen LogP contribution is 2.18. The van der Waals surface area contributed by atoms with Crippen molar-refractivity contribution < 1.29 is 5.11 Å². The molecule has 12 heavy (non-hydrogen) atoms. The van der Waals surface area contributed by atoms with Crippen molar-refractivity contribution in [3.05, 3.63) is 34.9 Å². The summed E-state index contributed by atoms with van der Waals surface area (Å²) >= 11 is 0. The first-order valence-electron chi connectivity index (χ1n) is 4.04. The van der Waals surface area contributed by atoms with E-state index in [0.717, 1.165) is 11.1 Å². The molecule has 1 heteroatoms. The van der Waals surface area contributed by atoms with E-state index < -0.39 is 0 Å². The van der Waals surface area contributed by atoms with Gasteiger partial charge in [-0.1, -0.05) is 17.7 Å². The molecule has 1 nitrogen and oxygen atoms in total. The molecule has 0 aromatic heterocycles. The third-order valence-electron chi connectivity index (χ3n) is 1.68. The summed E-state index contributed by atoms with van der Waals surface area (Å²) in [4.78, 5) is 0. The van der Waals surface area contributed by atoms with Gasteiger partial charge in [-0.25, -0.2) is 0 Å². The number of aromatic hydroxyl groups is 1. The molecule has 0 spiro atoms. The molecule has 64 valence electrons. The molecule has 0 saturated heterocycles. The Hall–Kier alpha value is -1.24. The maximum absolute atomic E-state index is 9.26. The average Bonchev–Trinajstić information content (AvgIpc) is 1.96. The highest BCUT2D eigenvalue weighted by Gasteiger charge is 1.94. The molecule has 0 radical (unpaired) electrons. The lowest BCUT2D eigenvalue weighted by Crippen LogP contribution is -1.77. The van der Waals surface area contributed by atoms with Crippen LogP contribution in [0.5, 0.6) is 5.75 Å². The van der Waals surface area contributed by atoms with Crippen molar-refractivity contribution in [1.29, 1.82) is 0 Å². The number of phenols is 1. The quantitative estimate of drug-likeness (QED) is 0.672. The number of benzene rings is 1. The van der Waals surface area contributed by atoms with Gasteiger partial charge in [-0.2, -0.15) is 0 Å². The Bertz CT molecular complexity index is 307. The zero-order chi connectivity index (χ0) is 9.14. The Kier molecular flexibility index (Phi) is 2.54. The van der Waals surface area contributed by atoms with Crippen molar-refractivity contribution in [2.75, 3.05) is 0 Å². The first-order valence-corrected chi connectivity index (χ1v) is 4.04. The molecule has 0 saturated carbocycles. The van der Waals surface area contributed by atoms with E-state index in [1.54, 1.807) is 6.07 Å². The van der Waals surface area contributed by atoms with Gasteiger partial charge in [0, 0.05) is 0 Å². The minimum Gasteiger partial charge on any atom is -0.508 e. The van der Waals surface area contributed by atoms with E-state index in [9.17, 15) is 5.11 Å². The number of hydrogen-bond acceptors (Lipinski definition) is 1. The highest BCUT2D eigenvalue weighted by molar-refractivity contribution is 5.54. The smallest absolute Gasteiger partial charge is 0.118 e. The predicted octanol–water partition coefficient (Wildman–Crippen LogP) is 3.12. The normalized spacial score (nSPS) is 9.58. The molecule has 1 rings (SSSR count). The second-order valence-electron chi connectivity index (χ2n) is 3.27. The van der Waals surface area contributed by atoms with Gasteiger partial charge in [-0.3, -0.25) is 0 Å². The Morgan fingerprint density at radius 2 is 2.00 bits per heavy atom. The van der Waals surface area contributed by atoms with Crippen LogP contribution in [-0.2, 0) is 0 Å². The average molecular weight is 162 g/mol. The van der Waals surface area contributed by atoms with Crippen LogP contribution < -0.4 is 0 Å². The van der Waals surface area contributed by atoms with Crippen molar-refractivity contribution in [1.82, 2.24) is 0 Å². The third-order valence-corrected chi connectivity index (χ3v) is 1.68. The van der Waals surface area contributed by atoms with E-state index in [4.69, 9.17) is 0 Å². The van der Waals surface area contributed by atoms with E-state index in [-0.39, 0.29) is 0 Å². The van der Waals surface area contributed by atoms with Gasteiger partial charge in [0.1, 0.15) is 5.75 Å². The monoisotopic (exact) mass is 162 g/mol. The molecule has 1 aromatic rings. The SMILES string of the molecule is CC(C)=Cc1ccc(O)c(C)c1. The minimum atomic E-state index is 0.362. The lowest BCUT2D eigenvalue weighted by Gasteiger charge is -2.00. The fraction of sp³-hybridized carbons (Fsp3) is 0.273. The lowest BCUT2D eigenvalue weighted by atomic mass is 10.1. The predicted molar refractivity (Wildman–Crippen MR) is 52.2 cm³/mol. The molecule has 1 N–H and O–H groups in total. The molecule has 0 bridgehead atoms. The van der Waals surface area contributed by atoms with E-state index in [0.29, 0.717) is 5.75 Å². The summed E-state index contributed by atoms with van der Waals surface area (Å²) in [5.41, 5.74) is 3.33. The number of phenolic OH excluding ortho intramolecular Hbond substituents is 1. The van der Waals surface area contributed by atoms with Crippen LogP contribution in [0.4, 0.5) is 0 Å². The fourth-order valence-corrected chi connectivity index (χ4v) is 1.10. The zero-order valence-corrected chi connectivity index (χ0v) is 7.76. The zero-order valence-electron chi connectivity index (χ0n) is 7.76. The molecule has 0 atom stereocenters. The van der Waals surface area contributed by atoms with Gasteiger partial charge in [-0.15, -0.1) is 0 Å². The van der Waals surface area contributed by atoms with E-state index in [1.165, 1.54) is 5.57 Å². The second kappa shape index (κ2) is 3.44.